The van der Waals surface area contributed by atoms with Crippen molar-refractivity contribution in [2.45, 2.75) is 19.3 Å². The maximum absolute atomic E-state index is 12.3. The van der Waals surface area contributed by atoms with Gasteiger partial charge in [0.2, 0.25) is 0 Å². The molecule has 128 valence electrons. The van der Waals surface area contributed by atoms with Crippen molar-refractivity contribution in [3.05, 3.63) is 59.7 Å². The van der Waals surface area contributed by atoms with Gasteiger partial charge in [0.25, 0.3) is 5.91 Å². The Kier molecular flexibility index (Phi) is 4.84. The van der Waals surface area contributed by atoms with Gasteiger partial charge in [0.15, 0.2) is 0 Å². The molecule has 1 amide bonds. The van der Waals surface area contributed by atoms with Crippen LogP contribution in [-0.4, -0.2) is 24.1 Å². The summed E-state index contributed by atoms with van der Waals surface area (Å²) in [5.74, 6) is -0.531. The molecule has 0 radical (unpaired) electrons. The molecule has 0 saturated carbocycles. The molecule has 2 aromatic carbocycles. The van der Waals surface area contributed by atoms with Crippen molar-refractivity contribution in [1.29, 1.82) is 0 Å². The largest absolute Gasteiger partial charge is 0.497 e. The Bertz CT molecular complexity index is 820. The number of carboxylic acids is 1. The monoisotopic (exact) mass is 337 g/mol. The molecule has 5 nitrogen and oxygen atoms in total. The Balaban J connectivity index is 1.73. The van der Waals surface area contributed by atoms with Crippen molar-refractivity contribution in [2.75, 3.05) is 12.4 Å². The highest BCUT2D eigenvalue weighted by atomic mass is 16.5. The highest BCUT2D eigenvalue weighted by molar-refractivity contribution is 6.09. The lowest BCUT2D eigenvalue weighted by Gasteiger charge is -2.09. The average Bonchev–Trinajstić information content (AvgIpc) is 3.13. The van der Waals surface area contributed by atoms with Crippen molar-refractivity contribution >= 4 is 17.6 Å². The minimum atomic E-state index is -1.00. The van der Waals surface area contributed by atoms with Crippen LogP contribution in [0.4, 0.5) is 5.69 Å². The lowest BCUT2D eigenvalue weighted by molar-refractivity contribution is -0.133. The summed E-state index contributed by atoms with van der Waals surface area (Å²) < 4.78 is 5.15. The van der Waals surface area contributed by atoms with Gasteiger partial charge in [0.05, 0.1) is 7.11 Å². The Hall–Kier alpha value is -3.08. The van der Waals surface area contributed by atoms with E-state index in [4.69, 9.17) is 9.84 Å². The number of amides is 1. The first-order valence-corrected chi connectivity index (χ1v) is 8.09. The zero-order valence-electron chi connectivity index (χ0n) is 13.9. The number of hydrogen-bond acceptors (Lipinski definition) is 3. The fraction of sp³-hybridized carbons (Fsp3) is 0.200. The lowest BCUT2D eigenvalue weighted by Crippen LogP contribution is -2.16. The van der Waals surface area contributed by atoms with Crippen molar-refractivity contribution in [3.63, 3.8) is 0 Å². The summed E-state index contributed by atoms with van der Waals surface area (Å²) in [7, 11) is 1.63. The predicted molar refractivity (Wildman–Crippen MR) is 95.6 cm³/mol. The van der Waals surface area contributed by atoms with Gasteiger partial charge in [0, 0.05) is 16.8 Å². The van der Waals surface area contributed by atoms with Gasteiger partial charge < -0.3 is 15.2 Å². The summed E-state index contributed by atoms with van der Waals surface area (Å²) in [6.45, 7) is 0. The number of carbonyl (C=O) groups is 2. The third-order valence-corrected chi connectivity index (χ3v) is 4.32. The van der Waals surface area contributed by atoms with E-state index in [1.807, 2.05) is 48.5 Å². The van der Waals surface area contributed by atoms with Crippen molar-refractivity contribution in [2.24, 2.45) is 0 Å². The summed E-state index contributed by atoms with van der Waals surface area (Å²) in [6, 6.07) is 15.2. The summed E-state index contributed by atoms with van der Waals surface area (Å²) in [6.07, 6.45) is 1.67. The predicted octanol–water partition coefficient (Wildman–Crippen LogP) is 3.87. The Labute approximate surface area is 145 Å². The number of nitrogens with one attached hydrogen (secondary N) is 1. The minimum absolute atomic E-state index is 0.229. The summed E-state index contributed by atoms with van der Waals surface area (Å²) in [5, 5.41) is 11.9. The van der Waals surface area contributed by atoms with E-state index in [9.17, 15) is 9.59 Å². The highest BCUT2D eigenvalue weighted by Gasteiger charge is 2.25. The molecule has 0 saturated heterocycles. The third kappa shape index (κ3) is 3.71. The number of carbonyl (C=O) groups excluding carboxylic acids is 1. The van der Waals surface area contributed by atoms with Gasteiger partial charge in [-0.2, -0.15) is 0 Å². The first-order chi connectivity index (χ1) is 12.1. The molecule has 0 spiro atoms. The molecule has 2 N–H and O–H groups in total. The van der Waals surface area contributed by atoms with E-state index >= 15 is 0 Å². The zero-order chi connectivity index (χ0) is 17.8. The average molecular weight is 337 g/mol. The van der Waals surface area contributed by atoms with E-state index in [-0.39, 0.29) is 11.5 Å². The molecule has 0 atom stereocenters. The second-order valence-corrected chi connectivity index (χ2v) is 5.88. The van der Waals surface area contributed by atoms with Crippen LogP contribution in [0.5, 0.6) is 5.75 Å². The van der Waals surface area contributed by atoms with Crippen LogP contribution in [0.2, 0.25) is 0 Å². The molecule has 1 aliphatic carbocycles. The number of benzene rings is 2. The number of anilines is 1. The molecule has 0 heterocycles. The van der Waals surface area contributed by atoms with Gasteiger partial charge in [-0.15, -0.1) is 0 Å². The van der Waals surface area contributed by atoms with Crippen LogP contribution in [0.25, 0.3) is 11.1 Å². The lowest BCUT2D eigenvalue weighted by atomic mass is 10.1. The smallest absolute Gasteiger partial charge is 0.332 e. The SMILES string of the molecule is COc1ccc(-c2ccc(NC(=O)C3=C(C(=O)O)CCC3)cc2)cc1. The second-order valence-electron chi connectivity index (χ2n) is 5.88. The number of carboxylic acid groups (broad SMARTS) is 1. The summed E-state index contributed by atoms with van der Waals surface area (Å²) in [5.41, 5.74) is 3.32. The summed E-state index contributed by atoms with van der Waals surface area (Å²) in [4.78, 5) is 23.5. The molecule has 0 aromatic heterocycles. The number of ether oxygens (including phenoxy) is 1. The molecule has 0 fully saturated rings. The Morgan fingerprint density at radius 3 is 2.04 bits per heavy atom. The first kappa shape index (κ1) is 16.8. The fourth-order valence-electron chi connectivity index (χ4n) is 2.97. The Morgan fingerprint density at radius 1 is 0.920 bits per heavy atom. The Morgan fingerprint density at radius 2 is 1.48 bits per heavy atom. The van der Waals surface area contributed by atoms with E-state index in [2.05, 4.69) is 5.32 Å². The standard InChI is InChI=1S/C20H19NO4/c1-25-16-11-7-14(8-12-16)13-5-9-15(10-6-13)21-19(22)17-3-2-4-18(17)20(23)24/h5-12H,2-4H2,1H3,(H,21,22)(H,23,24). The minimum Gasteiger partial charge on any atom is -0.497 e. The molecular formula is C20H19NO4. The quantitative estimate of drug-likeness (QED) is 0.868. The van der Waals surface area contributed by atoms with Gasteiger partial charge in [-0.05, 0) is 54.7 Å². The molecule has 0 bridgehead atoms. The van der Waals surface area contributed by atoms with Crippen LogP contribution >= 0.6 is 0 Å². The molecule has 1 aliphatic rings. The second kappa shape index (κ2) is 7.21. The van der Waals surface area contributed by atoms with Crippen molar-refractivity contribution in [3.8, 4) is 16.9 Å². The van der Waals surface area contributed by atoms with Gasteiger partial charge in [-0.1, -0.05) is 24.3 Å². The molecule has 2 aromatic rings. The van der Waals surface area contributed by atoms with Crippen LogP contribution in [0.3, 0.4) is 0 Å². The zero-order valence-corrected chi connectivity index (χ0v) is 13.9. The van der Waals surface area contributed by atoms with E-state index in [0.29, 0.717) is 30.5 Å². The first-order valence-electron chi connectivity index (χ1n) is 8.09. The maximum Gasteiger partial charge on any atom is 0.332 e. The number of hydrogen-bond donors (Lipinski definition) is 2. The number of rotatable bonds is 5. The maximum atomic E-state index is 12.3. The fourth-order valence-corrected chi connectivity index (χ4v) is 2.97. The van der Waals surface area contributed by atoms with E-state index in [1.54, 1.807) is 7.11 Å². The van der Waals surface area contributed by atoms with Crippen LogP contribution in [0.15, 0.2) is 59.7 Å². The topological polar surface area (TPSA) is 75.6 Å². The van der Waals surface area contributed by atoms with Gasteiger partial charge in [-0.3, -0.25) is 4.79 Å². The summed E-state index contributed by atoms with van der Waals surface area (Å²) >= 11 is 0. The molecule has 3 rings (SSSR count). The molecular weight excluding hydrogens is 318 g/mol. The third-order valence-electron chi connectivity index (χ3n) is 4.32. The normalized spacial score (nSPS) is 13.6. The van der Waals surface area contributed by atoms with Crippen LogP contribution in [0, 0.1) is 0 Å². The van der Waals surface area contributed by atoms with Crippen molar-refractivity contribution in [1.82, 2.24) is 0 Å². The van der Waals surface area contributed by atoms with Crippen LogP contribution in [-0.2, 0) is 9.59 Å². The van der Waals surface area contributed by atoms with Crippen LogP contribution < -0.4 is 10.1 Å². The van der Waals surface area contributed by atoms with Gasteiger partial charge in [0.1, 0.15) is 5.75 Å². The highest BCUT2D eigenvalue weighted by Crippen LogP contribution is 2.28. The molecule has 5 heteroatoms. The number of methoxy groups -OCH3 is 1. The van der Waals surface area contributed by atoms with Gasteiger partial charge in [-0.25, -0.2) is 4.79 Å². The van der Waals surface area contributed by atoms with Crippen molar-refractivity contribution < 1.29 is 19.4 Å². The van der Waals surface area contributed by atoms with E-state index in [0.717, 1.165) is 16.9 Å². The van der Waals surface area contributed by atoms with Crippen LogP contribution in [0.1, 0.15) is 19.3 Å². The molecule has 25 heavy (non-hydrogen) atoms. The number of aliphatic carboxylic acids is 1. The molecule has 0 unspecified atom stereocenters. The van der Waals surface area contributed by atoms with Gasteiger partial charge >= 0.3 is 5.97 Å². The molecule has 0 aliphatic heterocycles. The van der Waals surface area contributed by atoms with E-state index in [1.165, 1.54) is 0 Å². The van der Waals surface area contributed by atoms with E-state index < -0.39 is 5.97 Å².